The van der Waals surface area contributed by atoms with Gasteiger partial charge in [0.15, 0.2) is 0 Å². The fraction of sp³-hybridized carbons (Fsp3) is 0.429. The van der Waals surface area contributed by atoms with E-state index in [-0.39, 0.29) is 17.9 Å². The van der Waals surface area contributed by atoms with E-state index in [0.717, 1.165) is 5.56 Å². The minimum Gasteiger partial charge on any atom is -0.495 e. The Hall–Kier alpha value is -1.75. The summed E-state index contributed by atoms with van der Waals surface area (Å²) in [4.78, 5) is 22.8. The van der Waals surface area contributed by atoms with E-state index in [4.69, 9.17) is 16.3 Å². The lowest BCUT2D eigenvalue weighted by atomic mass is 10.1. The maximum Gasteiger partial charge on any atom is 0.242 e. The van der Waals surface area contributed by atoms with Crippen LogP contribution in [0.1, 0.15) is 18.4 Å². The van der Waals surface area contributed by atoms with Crippen molar-refractivity contribution in [3.05, 3.63) is 28.8 Å². The number of carbonyl (C=O) groups is 2. The number of hydrogen-bond acceptors (Lipinski definition) is 3. The number of halogens is 1. The molecule has 1 fully saturated rings. The van der Waals surface area contributed by atoms with E-state index in [1.54, 1.807) is 13.2 Å². The predicted octanol–water partition coefficient (Wildman–Crippen LogP) is 1.29. The number of hydrogen-bond donors (Lipinski definition) is 2. The Bertz CT molecular complexity index is 519. The summed E-state index contributed by atoms with van der Waals surface area (Å²) in [5.41, 5.74) is 1.02. The van der Waals surface area contributed by atoms with Crippen LogP contribution in [0, 0.1) is 0 Å². The van der Waals surface area contributed by atoms with Crippen molar-refractivity contribution in [1.29, 1.82) is 0 Å². The summed E-state index contributed by atoms with van der Waals surface area (Å²) in [5, 5.41) is 6.01. The molecule has 5 nitrogen and oxygen atoms in total. The van der Waals surface area contributed by atoms with Crippen LogP contribution in [0.15, 0.2) is 18.2 Å². The van der Waals surface area contributed by atoms with E-state index in [2.05, 4.69) is 10.6 Å². The number of rotatable bonds is 5. The molecule has 2 N–H and O–H groups in total. The van der Waals surface area contributed by atoms with Gasteiger partial charge in [-0.15, -0.1) is 0 Å². The van der Waals surface area contributed by atoms with E-state index in [0.29, 0.717) is 36.6 Å². The van der Waals surface area contributed by atoms with Crippen molar-refractivity contribution in [3.63, 3.8) is 0 Å². The van der Waals surface area contributed by atoms with Crippen LogP contribution in [0.4, 0.5) is 0 Å². The molecule has 1 unspecified atom stereocenters. The Kier molecular flexibility index (Phi) is 4.84. The molecule has 20 heavy (non-hydrogen) atoms. The molecule has 0 aliphatic carbocycles. The van der Waals surface area contributed by atoms with Crippen molar-refractivity contribution in [2.75, 3.05) is 13.7 Å². The van der Waals surface area contributed by atoms with Gasteiger partial charge >= 0.3 is 0 Å². The van der Waals surface area contributed by atoms with Crippen molar-refractivity contribution >= 4 is 23.4 Å². The Morgan fingerprint density at radius 1 is 1.55 bits per heavy atom. The van der Waals surface area contributed by atoms with Gasteiger partial charge < -0.3 is 15.4 Å². The number of ether oxygens (including phenoxy) is 1. The Balaban J connectivity index is 1.79. The minimum atomic E-state index is -0.387. The van der Waals surface area contributed by atoms with Crippen molar-refractivity contribution in [2.45, 2.75) is 25.3 Å². The molecular formula is C14H17ClN2O3. The lowest BCUT2D eigenvalue weighted by molar-refractivity contribution is -0.125. The highest BCUT2D eigenvalue weighted by atomic mass is 35.5. The lowest BCUT2D eigenvalue weighted by Crippen LogP contribution is -2.42. The molecule has 1 aliphatic heterocycles. The minimum absolute atomic E-state index is 0.0629. The fourth-order valence-corrected chi connectivity index (χ4v) is 2.41. The molecule has 0 saturated carbocycles. The summed E-state index contributed by atoms with van der Waals surface area (Å²) < 4.78 is 5.08. The normalized spacial score (nSPS) is 17.7. The smallest absolute Gasteiger partial charge is 0.242 e. The molecule has 6 heteroatoms. The highest BCUT2D eigenvalue weighted by Gasteiger charge is 2.26. The number of nitrogens with one attached hydrogen (secondary N) is 2. The summed E-state index contributed by atoms with van der Waals surface area (Å²) in [7, 11) is 1.57. The van der Waals surface area contributed by atoms with E-state index in [1.165, 1.54) is 0 Å². The molecule has 1 heterocycles. The van der Waals surface area contributed by atoms with Gasteiger partial charge in [-0.25, -0.2) is 0 Å². The van der Waals surface area contributed by atoms with Crippen molar-refractivity contribution < 1.29 is 14.3 Å². The Morgan fingerprint density at radius 2 is 2.35 bits per heavy atom. The molecule has 1 aliphatic rings. The van der Waals surface area contributed by atoms with E-state index in [9.17, 15) is 9.59 Å². The maximum atomic E-state index is 11.8. The van der Waals surface area contributed by atoms with Crippen LogP contribution in [0.3, 0.4) is 0 Å². The van der Waals surface area contributed by atoms with Gasteiger partial charge in [-0.3, -0.25) is 9.59 Å². The van der Waals surface area contributed by atoms with Crippen LogP contribution in [0.2, 0.25) is 5.02 Å². The molecule has 2 rings (SSSR count). The SMILES string of the molecule is COc1ccc(CCNC(=O)C2CCC(=O)N2)cc1Cl. The zero-order valence-electron chi connectivity index (χ0n) is 11.2. The van der Waals surface area contributed by atoms with Crippen molar-refractivity contribution in [1.82, 2.24) is 10.6 Å². The molecule has 0 spiro atoms. The quantitative estimate of drug-likeness (QED) is 0.860. The van der Waals surface area contributed by atoms with Gasteiger partial charge in [0.1, 0.15) is 11.8 Å². The Morgan fingerprint density at radius 3 is 2.95 bits per heavy atom. The van der Waals surface area contributed by atoms with Gasteiger partial charge in [0.25, 0.3) is 0 Å². The second-order valence-electron chi connectivity index (χ2n) is 4.67. The van der Waals surface area contributed by atoms with Crippen LogP contribution >= 0.6 is 11.6 Å². The average Bonchev–Trinajstić information content (AvgIpc) is 2.85. The zero-order valence-corrected chi connectivity index (χ0v) is 12.0. The Labute approximate surface area is 122 Å². The second-order valence-corrected chi connectivity index (χ2v) is 5.08. The first-order valence-electron chi connectivity index (χ1n) is 6.49. The highest BCUT2D eigenvalue weighted by Crippen LogP contribution is 2.24. The molecule has 1 aromatic rings. The molecule has 1 saturated heterocycles. The summed E-state index contributed by atoms with van der Waals surface area (Å²) in [6.07, 6.45) is 1.67. The molecule has 0 aromatic heterocycles. The van der Waals surface area contributed by atoms with Gasteiger partial charge in [-0.05, 0) is 30.5 Å². The number of amides is 2. The van der Waals surface area contributed by atoms with Crippen LogP contribution < -0.4 is 15.4 Å². The predicted molar refractivity (Wildman–Crippen MR) is 75.9 cm³/mol. The van der Waals surface area contributed by atoms with Gasteiger partial charge in [0.05, 0.1) is 12.1 Å². The fourth-order valence-electron chi connectivity index (χ4n) is 2.13. The summed E-state index contributed by atoms with van der Waals surface area (Å²) in [5.74, 6) is 0.440. The van der Waals surface area contributed by atoms with Crippen LogP contribution in [0.25, 0.3) is 0 Å². The number of methoxy groups -OCH3 is 1. The summed E-state index contributed by atoms with van der Waals surface area (Å²) in [6, 6.07) is 5.15. The van der Waals surface area contributed by atoms with Crippen molar-refractivity contribution in [3.8, 4) is 5.75 Å². The van der Waals surface area contributed by atoms with E-state index >= 15 is 0 Å². The molecule has 2 amide bonds. The maximum absolute atomic E-state index is 11.8. The first kappa shape index (κ1) is 14.7. The third kappa shape index (κ3) is 3.63. The third-order valence-corrected chi connectivity index (χ3v) is 3.54. The summed E-state index contributed by atoms with van der Waals surface area (Å²) >= 11 is 6.03. The molecule has 108 valence electrons. The lowest BCUT2D eigenvalue weighted by Gasteiger charge is -2.11. The topological polar surface area (TPSA) is 67.4 Å². The number of benzene rings is 1. The van der Waals surface area contributed by atoms with Gasteiger partial charge in [0.2, 0.25) is 11.8 Å². The van der Waals surface area contributed by atoms with Gasteiger partial charge in [-0.2, -0.15) is 0 Å². The number of carbonyl (C=O) groups excluding carboxylic acids is 2. The molecule has 0 bridgehead atoms. The van der Waals surface area contributed by atoms with E-state index in [1.807, 2.05) is 12.1 Å². The average molecular weight is 297 g/mol. The van der Waals surface area contributed by atoms with Crippen LogP contribution in [-0.4, -0.2) is 31.5 Å². The van der Waals surface area contributed by atoms with E-state index < -0.39 is 0 Å². The largest absolute Gasteiger partial charge is 0.495 e. The zero-order chi connectivity index (χ0) is 14.5. The highest BCUT2D eigenvalue weighted by molar-refractivity contribution is 6.32. The molecule has 1 atom stereocenters. The second kappa shape index (κ2) is 6.61. The molecule has 0 radical (unpaired) electrons. The van der Waals surface area contributed by atoms with Gasteiger partial charge in [0, 0.05) is 13.0 Å². The monoisotopic (exact) mass is 296 g/mol. The first-order valence-corrected chi connectivity index (χ1v) is 6.87. The van der Waals surface area contributed by atoms with Crippen LogP contribution in [0.5, 0.6) is 5.75 Å². The van der Waals surface area contributed by atoms with Gasteiger partial charge in [-0.1, -0.05) is 17.7 Å². The van der Waals surface area contributed by atoms with Crippen molar-refractivity contribution in [2.24, 2.45) is 0 Å². The molecular weight excluding hydrogens is 280 g/mol. The first-order chi connectivity index (χ1) is 9.60. The summed E-state index contributed by atoms with van der Waals surface area (Å²) in [6.45, 7) is 0.508. The molecule has 1 aromatic carbocycles. The van der Waals surface area contributed by atoms with Crippen LogP contribution in [-0.2, 0) is 16.0 Å². The standard InChI is InChI=1S/C14H17ClN2O3/c1-20-12-4-2-9(8-10(12)15)6-7-16-14(19)11-3-5-13(18)17-11/h2,4,8,11H,3,5-7H2,1H3,(H,16,19)(H,17,18). The third-order valence-electron chi connectivity index (χ3n) is 3.24.